The monoisotopic (exact) mass is 333 g/mol. The summed E-state index contributed by atoms with van der Waals surface area (Å²) < 4.78 is 87.8. The molecule has 0 saturated carbocycles. The predicted molar refractivity (Wildman–Crippen MR) is 60.9 cm³/mol. The van der Waals surface area contributed by atoms with Crippen molar-refractivity contribution in [2.45, 2.75) is 31.2 Å². The summed E-state index contributed by atoms with van der Waals surface area (Å²) in [6, 6.07) is 6.34. The fourth-order valence-corrected chi connectivity index (χ4v) is 1.63. The van der Waals surface area contributed by atoms with Crippen LogP contribution >= 0.6 is 0 Å². The Morgan fingerprint density at radius 2 is 1.55 bits per heavy atom. The molecule has 1 aromatic rings. The molecule has 10 heteroatoms. The van der Waals surface area contributed by atoms with Crippen LogP contribution in [-0.4, -0.2) is 24.2 Å². The van der Waals surface area contributed by atoms with Crippen LogP contribution in [-0.2, 0) is 4.79 Å². The second-order valence-electron chi connectivity index (χ2n) is 4.50. The van der Waals surface area contributed by atoms with E-state index in [1.54, 1.807) is 11.4 Å². The van der Waals surface area contributed by atoms with E-state index in [4.69, 9.17) is 0 Å². The Hall–Kier alpha value is -1.84. The molecule has 2 atom stereocenters. The van der Waals surface area contributed by atoms with Gasteiger partial charge in [-0.1, -0.05) is 30.3 Å². The molecule has 0 saturated heterocycles. The van der Waals surface area contributed by atoms with Gasteiger partial charge in [0.2, 0.25) is 0 Å². The minimum absolute atomic E-state index is 0.312. The zero-order valence-electron chi connectivity index (χ0n) is 11.1. The van der Waals surface area contributed by atoms with Gasteiger partial charge < -0.3 is 5.32 Å². The van der Waals surface area contributed by atoms with E-state index in [0.29, 0.717) is 5.56 Å². The van der Waals surface area contributed by atoms with Gasteiger partial charge in [-0.25, -0.2) is 5.32 Å². The van der Waals surface area contributed by atoms with Gasteiger partial charge in [0.15, 0.2) is 0 Å². The molecule has 124 valence electrons. The van der Waals surface area contributed by atoms with E-state index in [-0.39, 0.29) is 0 Å². The fraction of sp³-hybridized carbons (Fsp3) is 0.417. The zero-order valence-corrected chi connectivity index (χ0v) is 11.1. The SMILES string of the molecule is C[C@H](NC(=O)[C@](F)([NH2+]C(F)(F)F)C(F)(F)F)c1ccccc1. The Morgan fingerprint density at radius 3 is 1.95 bits per heavy atom. The van der Waals surface area contributed by atoms with Crippen molar-refractivity contribution >= 4 is 5.91 Å². The highest BCUT2D eigenvalue weighted by Crippen LogP contribution is 2.30. The maximum absolute atomic E-state index is 13.8. The molecule has 0 radical (unpaired) electrons. The smallest absolute Gasteiger partial charge is 0.341 e. The van der Waals surface area contributed by atoms with Crippen molar-refractivity contribution in [2.75, 3.05) is 0 Å². The summed E-state index contributed by atoms with van der Waals surface area (Å²) in [6.07, 6.45) is -11.7. The second-order valence-corrected chi connectivity index (χ2v) is 4.50. The number of quaternary nitrogens is 1. The van der Waals surface area contributed by atoms with E-state index >= 15 is 0 Å². The van der Waals surface area contributed by atoms with E-state index in [2.05, 4.69) is 0 Å². The number of carbonyl (C=O) groups is 1. The van der Waals surface area contributed by atoms with E-state index in [9.17, 15) is 35.5 Å². The molecule has 0 aliphatic heterocycles. The molecule has 0 fully saturated rings. The number of nitrogens with one attached hydrogen (secondary N) is 1. The minimum Gasteiger partial charge on any atom is -0.341 e. The Bertz CT molecular complexity index is 514. The van der Waals surface area contributed by atoms with Crippen LogP contribution in [0.2, 0.25) is 0 Å². The van der Waals surface area contributed by atoms with Crippen molar-refractivity contribution in [3.8, 4) is 0 Å². The molecule has 0 aliphatic carbocycles. The first-order chi connectivity index (χ1) is 9.87. The van der Waals surface area contributed by atoms with Gasteiger partial charge >= 0.3 is 24.2 Å². The number of hydrogen-bond acceptors (Lipinski definition) is 1. The Morgan fingerprint density at radius 1 is 1.05 bits per heavy atom. The summed E-state index contributed by atoms with van der Waals surface area (Å²) in [6.45, 7) is 1.22. The van der Waals surface area contributed by atoms with Gasteiger partial charge in [0, 0.05) is 0 Å². The Labute approximate surface area is 120 Å². The second kappa shape index (κ2) is 6.11. The number of halogens is 7. The van der Waals surface area contributed by atoms with Crippen molar-refractivity contribution in [2.24, 2.45) is 0 Å². The van der Waals surface area contributed by atoms with Crippen molar-refractivity contribution < 1.29 is 40.8 Å². The van der Waals surface area contributed by atoms with E-state index in [1.807, 2.05) is 0 Å². The van der Waals surface area contributed by atoms with Gasteiger partial charge in [-0.15, -0.1) is 13.2 Å². The number of rotatable bonds is 4. The molecule has 1 rings (SSSR count). The maximum atomic E-state index is 13.8. The van der Waals surface area contributed by atoms with Crippen molar-refractivity contribution in [3.63, 3.8) is 0 Å². The average molecular weight is 333 g/mol. The third-order valence-corrected chi connectivity index (χ3v) is 2.75. The van der Waals surface area contributed by atoms with Crippen molar-refractivity contribution in [1.29, 1.82) is 0 Å². The van der Waals surface area contributed by atoms with Crippen LogP contribution in [0.5, 0.6) is 0 Å². The van der Waals surface area contributed by atoms with Crippen LogP contribution in [0.4, 0.5) is 30.7 Å². The van der Waals surface area contributed by atoms with E-state index in [1.165, 1.54) is 31.2 Å². The van der Waals surface area contributed by atoms with Gasteiger partial charge in [-0.2, -0.15) is 17.6 Å². The lowest BCUT2D eigenvalue weighted by molar-refractivity contribution is -0.883. The molecule has 1 aromatic carbocycles. The van der Waals surface area contributed by atoms with Crippen molar-refractivity contribution in [1.82, 2.24) is 5.32 Å². The number of amides is 1. The summed E-state index contributed by atoms with van der Waals surface area (Å²) in [5.74, 6) is -7.58. The molecule has 0 unspecified atom stereocenters. The third-order valence-electron chi connectivity index (χ3n) is 2.75. The van der Waals surface area contributed by atoms with Crippen LogP contribution in [0, 0.1) is 0 Å². The standard InChI is InChI=1S/C12H11F7N2O/c1-7(8-5-3-2-4-6-8)20-9(22)10(13,11(14,15)16)21-12(17,18)19/h2-7,21H,1H3,(H,20,22)/p+1/t7-,10-/m0/s1. The number of benzene rings is 1. The summed E-state index contributed by atoms with van der Waals surface area (Å²) in [4.78, 5) is 11.4. The van der Waals surface area contributed by atoms with Crippen LogP contribution in [0.25, 0.3) is 0 Å². The summed E-state index contributed by atoms with van der Waals surface area (Å²) in [5.41, 5.74) is 0.312. The number of hydrogen-bond donors (Lipinski definition) is 2. The normalized spacial score (nSPS) is 16.7. The van der Waals surface area contributed by atoms with Gasteiger partial charge in [-0.05, 0) is 12.5 Å². The average Bonchev–Trinajstić information content (AvgIpc) is 2.36. The lowest BCUT2D eigenvalue weighted by Crippen LogP contribution is -3.07. The molecule has 0 aliphatic rings. The number of alkyl halides is 7. The third kappa shape index (κ3) is 4.33. The fourth-order valence-electron chi connectivity index (χ4n) is 1.63. The minimum atomic E-state index is -6.04. The van der Waals surface area contributed by atoms with Gasteiger partial charge in [-0.3, -0.25) is 4.79 Å². The first-order valence-electron chi connectivity index (χ1n) is 5.92. The van der Waals surface area contributed by atoms with Gasteiger partial charge in [0.1, 0.15) is 0 Å². The molecule has 3 nitrogen and oxygen atoms in total. The van der Waals surface area contributed by atoms with Crippen LogP contribution < -0.4 is 10.6 Å². The lowest BCUT2D eigenvalue weighted by Gasteiger charge is -2.26. The summed E-state index contributed by atoms with van der Waals surface area (Å²) >= 11 is 0. The predicted octanol–water partition coefficient (Wildman–Crippen LogP) is 2.18. The zero-order chi connectivity index (χ0) is 17.2. The first-order valence-corrected chi connectivity index (χ1v) is 5.92. The highest BCUT2D eigenvalue weighted by atomic mass is 19.4. The highest BCUT2D eigenvalue weighted by molar-refractivity contribution is 5.84. The van der Waals surface area contributed by atoms with Crippen molar-refractivity contribution in [3.05, 3.63) is 35.9 Å². The molecule has 0 aromatic heterocycles. The van der Waals surface area contributed by atoms with Gasteiger partial charge in [0.25, 0.3) is 0 Å². The number of nitrogens with two attached hydrogens (primary N) is 1. The molecule has 3 N–H and O–H groups in total. The molecular formula is C12H12F7N2O+. The lowest BCUT2D eigenvalue weighted by atomic mass is 10.1. The molecule has 22 heavy (non-hydrogen) atoms. The topological polar surface area (TPSA) is 45.7 Å². The molecular weight excluding hydrogens is 321 g/mol. The Kier molecular flexibility index (Phi) is 5.06. The molecule has 0 bridgehead atoms. The van der Waals surface area contributed by atoms with E-state index in [0.717, 1.165) is 0 Å². The quantitative estimate of drug-likeness (QED) is 0.644. The molecule has 1 amide bonds. The summed E-state index contributed by atoms with van der Waals surface area (Å²) in [5, 5.41) is -0.00340. The Balaban J connectivity index is 2.99. The highest BCUT2D eigenvalue weighted by Gasteiger charge is 2.70. The van der Waals surface area contributed by atoms with Crippen LogP contribution in [0.3, 0.4) is 0 Å². The van der Waals surface area contributed by atoms with E-state index < -0.39 is 35.5 Å². The molecule has 0 spiro atoms. The first kappa shape index (κ1) is 18.2. The molecule has 0 heterocycles. The largest absolute Gasteiger partial charge is 0.561 e. The van der Waals surface area contributed by atoms with Gasteiger partial charge in [0.05, 0.1) is 6.04 Å². The van der Waals surface area contributed by atoms with Crippen LogP contribution in [0.15, 0.2) is 30.3 Å². The maximum Gasteiger partial charge on any atom is 0.561 e. The van der Waals surface area contributed by atoms with Crippen LogP contribution in [0.1, 0.15) is 18.5 Å². The number of carbonyl (C=O) groups excluding carboxylic acids is 1. The summed E-state index contributed by atoms with van der Waals surface area (Å²) in [7, 11) is 0.